The van der Waals surface area contributed by atoms with Crippen LogP contribution in [0.3, 0.4) is 0 Å². The molecule has 0 aliphatic carbocycles. The van der Waals surface area contributed by atoms with Gasteiger partial charge in [0, 0.05) is 13.1 Å². The van der Waals surface area contributed by atoms with Crippen LogP contribution in [0.15, 0.2) is 0 Å². The van der Waals surface area contributed by atoms with Crippen LogP contribution in [-0.2, 0) is 4.79 Å². The second-order valence-corrected chi connectivity index (χ2v) is 5.86. The van der Waals surface area contributed by atoms with Crippen LogP contribution in [0.4, 0.5) is 0 Å². The average Bonchev–Trinajstić information content (AvgIpc) is 2.76. The number of nitrogens with zero attached hydrogens (tertiary/aromatic N) is 1. The van der Waals surface area contributed by atoms with Crippen LogP contribution in [0.5, 0.6) is 0 Å². The zero-order valence-corrected chi connectivity index (χ0v) is 12.3. The van der Waals surface area contributed by atoms with E-state index in [1.807, 2.05) is 14.0 Å². The van der Waals surface area contributed by atoms with Crippen LogP contribution >= 0.6 is 0 Å². The summed E-state index contributed by atoms with van der Waals surface area (Å²) in [5, 5.41) is 6.26. The van der Waals surface area contributed by atoms with Crippen molar-refractivity contribution in [1.82, 2.24) is 15.5 Å². The summed E-state index contributed by atoms with van der Waals surface area (Å²) in [6.07, 6.45) is 2.26. The van der Waals surface area contributed by atoms with Gasteiger partial charge < -0.3 is 10.6 Å². The Morgan fingerprint density at radius 1 is 1.39 bits per heavy atom. The molecule has 2 atom stereocenters. The average molecular weight is 255 g/mol. The number of hydrogen-bond donors (Lipinski definition) is 2. The number of carbonyl (C=O) groups excluding carboxylic acids is 1. The van der Waals surface area contributed by atoms with Gasteiger partial charge in [0.1, 0.15) is 0 Å². The molecule has 1 aliphatic heterocycles. The van der Waals surface area contributed by atoms with Gasteiger partial charge >= 0.3 is 0 Å². The Morgan fingerprint density at radius 3 is 2.72 bits per heavy atom. The van der Waals surface area contributed by atoms with Crippen molar-refractivity contribution < 1.29 is 4.79 Å². The van der Waals surface area contributed by atoms with Gasteiger partial charge in [-0.25, -0.2) is 0 Å². The molecule has 1 fully saturated rings. The van der Waals surface area contributed by atoms with Crippen molar-refractivity contribution in [1.29, 1.82) is 0 Å². The zero-order chi connectivity index (χ0) is 13.5. The van der Waals surface area contributed by atoms with E-state index in [-0.39, 0.29) is 11.9 Å². The molecule has 1 rings (SSSR count). The van der Waals surface area contributed by atoms with Crippen molar-refractivity contribution in [2.45, 2.75) is 39.7 Å². The molecule has 0 radical (unpaired) electrons. The fourth-order valence-electron chi connectivity index (χ4n) is 2.47. The fraction of sp³-hybridized carbons (Fsp3) is 0.929. The smallest absolute Gasteiger partial charge is 0.237 e. The molecule has 2 unspecified atom stereocenters. The Morgan fingerprint density at radius 2 is 2.11 bits per heavy atom. The summed E-state index contributed by atoms with van der Waals surface area (Å²) in [5.41, 5.74) is 0. The van der Waals surface area contributed by atoms with Crippen LogP contribution < -0.4 is 10.6 Å². The number of carbonyl (C=O) groups is 1. The molecule has 1 amide bonds. The van der Waals surface area contributed by atoms with E-state index < -0.39 is 0 Å². The van der Waals surface area contributed by atoms with Crippen molar-refractivity contribution in [3.63, 3.8) is 0 Å². The highest BCUT2D eigenvalue weighted by Crippen LogP contribution is 2.17. The fourth-order valence-corrected chi connectivity index (χ4v) is 2.47. The SMILES string of the molecule is CNCC1CCN(C(C)C(=O)NCCC(C)C)C1. The van der Waals surface area contributed by atoms with E-state index in [9.17, 15) is 4.79 Å². The molecule has 0 aromatic rings. The van der Waals surface area contributed by atoms with Crippen molar-refractivity contribution >= 4 is 5.91 Å². The zero-order valence-electron chi connectivity index (χ0n) is 12.3. The van der Waals surface area contributed by atoms with E-state index in [4.69, 9.17) is 0 Å². The van der Waals surface area contributed by atoms with E-state index in [2.05, 4.69) is 29.4 Å². The third-order valence-electron chi connectivity index (χ3n) is 3.76. The van der Waals surface area contributed by atoms with E-state index in [1.54, 1.807) is 0 Å². The molecule has 1 heterocycles. The summed E-state index contributed by atoms with van der Waals surface area (Å²) in [6.45, 7) is 10.3. The van der Waals surface area contributed by atoms with Crippen LogP contribution in [-0.4, -0.2) is 50.1 Å². The standard InChI is InChI=1S/C14H29N3O/c1-11(2)5-7-16-14(18)12(3)17-8-6-13(10-17)9-15-4/h11-13,15H,5-10H2,1-4H3,(H,16,18). The van der Waals surface area contributed by atoms with E-state index in [0.29, 0.717) is 11.8 Å². The topological polar surface area (TPSA) is 44.4 Å². The minimum absolute atomic E-state index is 0.0130. The van der Waals surface area contributed by atoms with Crippen molar-refractivity contribution in [3.8, 4) is 0 Å². The Balaban J connectivity index is 2.27. The molecule has 18 heavy (non-hydrogen) atoms. The predicted molar refractivity (Wildman–Crippen MR) is 75.5 cm³/mol. The number of nitrogens with one attached hydrogen (secondary N) is 2. The molecular formula is C14H29N3O. The van der Waals surface area contributed by atoms with E-state index >= 15 is 0 Å². The molecule has 4 nitrogen and oxygen atoms in total. The lowest BCUT2D eigenvalue weighted by Gasteiger charge is -2.23. The lowest BCUT2D eigenvalue weighted by Crippen LogP contribution is -2.44. The summed E-state index contributed by atoms with van der Waals surface area (Å²) in [4.78, 5) is 14.3. The molecule has 0 bridgehead atoms. The van der Waals surface area contributed by atoms with Gasteiger partial charge in [-0.3, -0.25) is 9.69 Å². The van der Waals surface area contributed by atoms with Crippen molar-refractivity contribution in [2.24, 2.45) is 11.8 Å². The predicted octanol–water partition coefficient (Wildman–Crippen LogP) is 1.08. The minimum atomic E-state index is 0.0130. The molecule has 0 aromatic heterocycles. The highest BCUT2D eigenvalue weighted by Gasteiger charge is 2.28. The van der Waals surface area contributed by atoms with E-state index in [0.717, 1.165) is 32.6 Å². The van der Waals surface area contributed by atoms with Gasteiger partial charge in [-0.05, 0) is 51.7 Å². The Kier molecular flexibility index (Phi) is 6.65. The first-order chi connectivity index (χ1) is 8.54. The lowest BCUT2D eigenvalue weighted by molar-refractivity contribution is -0.125. The molecule has 0 aromatic carbocycles. The molecule has 1 aliphatic rings. The monoisotopic (exact) mass is 255 g/mol. The van der Waals surface area contributed by atoms with Gasteiger partial charge in [-0.2, -0.15) is 0 Å². The molecule has 106 valence electrons. The first-order valence-corrected chi connectivity index (χ1v) is 7.21. The molecule has 4 heteroatoms. The summed E-state index contributed by atoms with van der Waals surface area (Å²) in [6, 6.07) is 0.0130. The number of hydrogen-bond acceptors (Lipinski definition) is 3. The largest absolute Gasteiger partial charge is 0.355 e. The number of amides is 1. The molecular weight excluding hydrogens is 226 g/mol. The Hall–Kier alpha value is -0.610. The van der Waals surface area contributed by atoms with Crippen LogP contribution in [0.25, 0.3) is 0 Å². The van der Waals surface area contributed by atoms with Gasteiger partial charge in [0.15, 0.2) is 0 Å². The van der Waals surface area contributed by atoms with Gasteiger partial charge in [0.05, 0.1) is 6.04 Å². The molecule has 1 saturated heterocycles. The number of likely N-dealkylation sites (tertiary alicyclic amines) is 1. The normalized spacial score (nSPS) is 22.4. The highest BCUT2D eigenvalue weighted by molar-refractivity contribution is 5.81. The highest BCUT2D eigenvalue weighted by atomic mass is 16.2. The second kappa shape index (κ2) is 7.74. The third kappa shape index (κ3) is 4.94. The maximum absolute atomic E-state index is 12.0. The molecule has 0 spiro atoms. The van der Waals surface area contributed by atoms with Gasteiger partial charge in [0.2, 0.25) is 5.91 Å². The first kappa shape index (κ1) is 15.4. The third-order valence-corrected chi connectivity index (χ3v) is 3.76. The summed E-state index contributed by atoms with van der Waals surface area (Å²) >= 11 is 0. The lowest BCUT2D eigenvalue weighted by atomic mass is 10.1. The first-order valence-electron chi connectivity index (χ1n) is 7.21. The molecule has 0 saturated carbocycles. The van der Waals surface area contributed by atoms with Gasteiger partial charge in [0.25, 0.3) is 0 Å². The second-order valence-electron chi connectivity index (χ2n) is 5.86. The van der Waals surface area contributed by atoms with Crippen molar-refractivity contribution in [3.05, 3.63) is 0 Å². The van der Waals surface area contributed by atoms with Gasteiger partial charge in [-0.1, -0.05) is 13.8 Å². The Labute approximate surface area is 111 Å². The van der Waals surface area contributed by atoms with Crippen LogP contribution in [0, 0.1) is 11.8 Å². The van der Waals surface area contributed by atoms with Gasteiger partial charge in [-0.15, -0.1) is 0 Å². The quantitative estimate of drug-likeness (QED) is 0.715. The van der Waals surface area contributed by atoms with E-state index in [1.165, 1.54) is 6.42 Å². The molecule has 2 N–H and O–H groups in total. The summed E-state index contributed by atoms with van der Waals surface area (Å²) < 4.78 is 0. The van der Waals surface area contributed by atoms with Crippen LogP contribution in [0.1, 0.15) is 33.6 Å². The minimum Gasteiger partial charge on any atom is -0.355 e. The number of rotatable bonds is 7. The summed E-state index contributed by atoms with van der Waals surface area (Å²) in [5.74, 6) is 1.52. The Bertz CT molecular complexity index is 255. The maximum atomic E-state index is 12.0. The maximum Gasteiger partial charge on any atom is 0.237 e. The van der Waals surface area contributed by atoms with Crippen LogP contribution in [0.2, 0.25) is 0 Å². The van der Waals surface area contributed by atoms with Crippen molar-refractivity contribution in [2.75, 3.05) is 33.2 Å². The summed E-state index contributed by atoms with van der Waals surface area (Å²) in [7, 11) is 1.99.